The Bertz CT molecular complexity index is 417. The lowest BCUT2D eigenvalue weighted by molar-refractivity contribution is -0.144. The number of benzene rings is 1. The molecule has 0 aliphatic heterocycles. The summed E-state index contributed by atoms with van der Waals surface area (Å²) < 4.78 is 37.1. The molecule has 0 aromatic heterocycles. The van der Waals surface area contributed by atoms with E-state index in [1.165, 1.54) is 12.1 Å². The highest BCUT2D eigenvalue weighted by Crippen LogP contribution is 2.17. The summed E-state index contributed by atoms with van der Waals surface area (Å²) in [7, 11) is 0. The molecule has 0 saturated carbocycles. The fourth-order valence-corrected chi connectivity index (χ4v) is 1.84. The first kappa shape index (κ1) is 16.0. The number of Topliss-reactive ketones (excluding diaryl/α,β-unsaturated/α-hetero) is 1. The Morgan fingerprint density at radius 3 is 2.32 bits per heavy atom. The van der Waals surface area contributed by atoms with E-state index in [-0.39, 0.29) is 18.9 Å². The van der Waals surface area contributed by atoms with Crippen LogP contribution in [-0.4, -0.2) is 36.5 Å². The molecule has 0 spiro atoms. The maximum Gasteiger partial charge on any atom is 0.401 e. The van der Waals surface area contributed by atoms with Crippen LogP contribution in [0, 0.1) is 0 Å². The number of hydrogen-bond acceptors (Lipinski definition) is 2. The number of hydrogen-bond donors (Lipinski definition) is 0. The first-order chi connectivity index (χ1) is 8.81. The van der Waals surface area contributed by atoms with Crippen LogP contribution < -0.4 is 0 Å². The van der Waals surface area contributed by atoms with E-state index in [1.807, 2.05) is 0 Å². The van der Waals surface area contributed by atoms with Gasteiger partial charge in [0.05, 0.1) is 13.1 Å². The Morgan fingerprint density at radius 2 is 1.84 bits per heavy atom. The Balaban J connectivity index is 2.68. The molecule has 6 heteroatoms. The van der Waals surface area contributed by atoms with Crippen molar-refractivity contribution in [3.63, 3.8) is 0 Å². The van der Waals surface area contributed by atoms with E-state index in [9.17, 15) is 18.0 Å². The summed E-state index contributed by atoms with van der Waals surface area (Å²) in [6.45, 7) is 0.699. The van der Waals surface area contributed by atoms with Crippen molar-refractivity contribution in [2.75, 3.05) is 19.6 Å². The second-order valence-electron chi connectivity index (χ2n) is 4.26. The fourth-order valence-electron chi connectivity index (χ4n) is 1.71. The average molecular weight is 294 g/mol. The minimum absolute atomic E-state index is 0.235. The van der Waals surface area contributed by atoms with Crippen LogP contribution in [0.1, 0.15) is 23.7 Å². The third kappa shape index (κ3) is 6.07. The number of halogens is 4. The molecular weight excluding hydrogens is 279 g/mol. The maximum absolute atomic E-state index is 12.4. The Kier molecular flexibility index (Phi) is 5.82. The number of nitrogens with zero attached hydrogens (tertiary/aromatic N) is 1. The van der Waals surface area contributed by atoms with Gasteiger partial charge in [0.2, 0.25) is 0 Å². The van der Waals surface area contributed by atoms with E-state index in [0.29, 0.717) is 17.0 Å². The highest BCUT2D eigenvalue weighted by atomic mass is 35.5. The van der Waals surface area contributed by atoms with Gasteiger partial charge in [-0.2, -0.15) is 13.2 Å². The molecule has 0 N–H and O–H groups in total. The molecule has 0 aliphatic rings. The predicted octanol–water partition coefficient (Wildman–Crippen LogP) is 3.80. The maximum atomic E-state index is 12.4. The molecule has 1 aromatic carbocycles. The van der Waals surface area contributed by atoms with Crippen LogP contribution in [0.3, 0.4) is 0 Å². The molecule has 0 amide bonds. The molecule has 0 radical (unpaired) electrons. The Labute approximate surface area is 115 Å². The van der Waals surface area contributed by atoms with Crippen molar-refractivity contribution in [3.8, 4) is 0 Å². The van der Waals surface area contributed by atoms with E-state index < -0.39 is 12.7 Å². The van der Waals surface area contributed by atoms with Crippen molar-refractivity contribution in [3.05, 3.63) is 34.9 Å². The number of carbonyl (C=O) groups is 1. The van der Waals surface area contributed by atoms with Gasteiger partial charge in [0.1, 0.15) is 0 Å². The molecule has 1 aromatic rings. The van der Waals surface area contributed by atoms with Crippen LogP contribution in [0.15, 0.2) is 24.3 Å². The zero-order valence-corrected chi connectivity index (χ0v) is 11.3. The summed E-state index contributed by atoms with van der Waals surface area (Å²) in [6.07, 6.45) is -3.74. The normalized spacial score (nSPS) is 11.9. The van der Waals surface area contributed by atoms with Gasteiger partial charge in [0, 0.05) is 10.6 Å². The van der Waals surface area contributed by atoms with Crippen molar-refractivity contribution in [2.45, 2.75) is 19.5 Å². The highest BCUT2D eigenvalue weighted by molar-refractivity contribution is 6.30. The van der Waals surface area contributed by atoms with Crippen molar-refractivity contribution < 1.29 is 18.0 Å². The number of rotatable bonds is 6. The number of ketones is 1. The minimum atomic E-state index is -4.30. The molecule has 106 valence electrons. The molecule has 0 saturated heterocycles. The van der Waals surface area contributed by atoms with E-state index in [2.05, 4.69) is 0 Å². The molecule has 0 aliphatic carbocycles. The van der Waals surface area contributed by atoms with Gasteiger partial charge in [-0.25, -0.2) is 0 Å². The topological polar surface area (TPSA) is 20.3 Å². The van der Waals surface area contributed by atoms with Gasteiger partial charge in [-0.1, -0.05) is 18.5 Å². The number of alkyl halides is 3. The predicted molar refractivity (Wildman–Crippen MR) is 68.6 cm³/mol. The van der Waals surface area contributed by atoms with Gasteiger partial charge < -0.3 is 0 Å². The summed E-state index contributed by atoms with van der Waals surface area (Å²) in [5, 5.41) is 0.484. The molecule has 0 heterocycles. The molecule has 0 bridgehead atoms. The first-order valence-corrected chi connectivity index (χ1v) is 6.27. The molecule has 2 nitrogen and oxygen atoms in total. The van der Waals surface area contributed by atoms with Crippen molar-refractivity contribution >= 4 is 17.4 Å². The Morgan fingerprint density at radius 1 is 1.26 bits per heavy atom. The van der Waals surface area contributed by atoms with E-state index in [0.717, 1.165) is 4.90 Å². The van der Waals surface area contributed by atoms with Crippen LogP contribution in [0.25, 0.3) is 0 Å². The lowest BCUT2D eigenvalue weighted by Gasteiger charge is -2.22. The molecule has 19 heavy (non-hydrogen) atoms. The van der Waals surface area contributed by atoms with Gasteiger partial charge in [0.15, 0.2) is 5.78 Å². The summed E-state index contributed by atoms with van der Waals surface area (Å²) in [5.74, 6) is -0.339. The Hall–Kier alpha value is -1.07. The minimum Gasteiger partial charge on any atom is -0.293 e. The van der Waals surface area contributed by atoms with Crippen molar-refractivity contribution in [1.82, 2.24) is 4.90 Å². The van der Waals surface area contributed by atoms with Gasteiger partial charge >= 0.3 is 6.18 Å². The van der Waals surface area contributed by atoms with Crippen LogP contribution in [0.4, 0.5) is 13.2 Å². The molecule has 0 fully saturated rings. The second kappa shape index (κ2) is 6.91. The third-order valence-corrected chi connectivity index (χ3v) is 2.73. The lowest BCUT2D eigenvalue weighted by atomic mass is 10.1. The lowest BCUT2D eigenvalue weighted by Crippen LogP contribution is -2.38. The first-order valence-electron chi connectivity index (χ1n) is 5.89. The number of carbonyl (C=O) groups excluding carboxylic acids is 1. The highest BCUT2D eigenvalue weighted by Gasteiger charge is 2.31. The summed E-state index contributed by atoms with van der Waals surface area (Å²) >= 11 is 5.69. The third-order valence-electron chi connectivity index (χ3n) is 2.48. The molecule has 0 atom stereocenters. The fraction of sp³-hybridized carbons (Fsp3) is 0.462. The summed E-state index contributed by atoms with van der Waals surface area (Å²) in [4.78, 5) is 13.0. The van der Waals surface area contributed by atoms with Gasteiger partial charge in [-0.15, -0.1) is 0 Å². The molecule has 1 rings (SSSR count). The molecular formula is C13H15ClF3NO. The van der Waals surface area contributed by atoms with E-state index in [1.54, 1.807) is 19.1 Å². The SMILES string of the molecule is CCCN(CC(=O)c1ccc(Cl)cc1)CC(F)(F)F. The monoisotopic (exact) mass is 293 g/mol. The van der Waals surface area contributed by atoms with E-state index >= 15 is 0 Å². The van der Waals surface area contributed by atoms with Gasteiger partial charge in [-0.3, -0.25) is 9.69 Å². The molecule has 0 unspecified atom stereocenters. The van der Waals surface area contributed by atoms with Crippen LogP contribution in [0.5, 0.6) is 0 Å². The average Bonchev–Trinajstić information content (AvgIpc) is 2.27. The smallest absolute Gasteiger partial charge is 0.293 e. The van der Waals surface area contributed by atoms with Crippen molar-refractivity contribution in [1.29, 1.82) is 0 Å². The van der Waals surface area contributed by atoms with Crippen LogP contribution in [-0.2, 0) is 0 Å². The quantitative estimate of drug-likeness (QED) is 0.744. The summed E-state index contributed by atoms with van der Waals surface area (Å²) in [5.41, 5.74) is 0.368. The van der Waals surface area contributed by atoms with Gasteiger partial charge in [0.25, 0.3) is 0 Å². The van der Waals surface area contributed by atoms with Crippen LogP contribution in [0.2, 0.25) is 5.02 Å². The zero-order chi connectivity index (χ0) is 14.5. The van der Waals surface area contributed by atoms with E-state index in [4.69, 9.17) is 11.6 Å². The largest absolute Gasteiger partial charge is 0.401 e. The second-order valence-corrected chi connectivity index (χ2v) is 4.69. The summed E-state index contributed by atoms with van der Waals surface area (Å²) in [6, 6.07) is 6.12. The van der Waals surface area contributed by atoms with Crippen molar-refractivity contribution in [2.24, 2.45) is 0 Å². The van der Waals surface area contributed by atoms with Crippen LogP contribution >= 0.6 is 11.6 Å². The zero-order valence-electron chi connectivity index (χ0n) is 10.5. The van der Waals surface area contributed by atoms with Gasteiger partial charge in [-0.05, 0) is 37.2 Å². The standard InChI is InChI=1S/C13H15ClF3NO/c1-2-7-18(9-13(15,16)17)8-12(19)10-3-5-11(14)6-4-10/h3-6H,2,7-9H2,1H3.